The Hall–Kier alpha value is -3.54. The second-order valence-electron chi connectivity index (χ2n) is 7.10. The fourth-order valence-electron chi connectivity index (χ4n) is 3.59. The number of benzene rings is 2. The summed E-state index contributed by atoms with van der Waals surface area (Å²) in [6.45, 7) is 0.840. The van der Waals surface area contributed by atoms with Gasteiger partial charge < -0.3 is 20.6 Å². The van der Waals surface area contributed by atoms with Crippen molar-refractivity contribution in [3.05, 3.63) is 72.1 Å². The van der Waals surface area contributed by atoms with Crippen LogP contribution in [0, 0.1) is 0 Å². The van der Waals surface area contributed by atoms with Crippen molar-refractivity contribution in [1.82, 2.24) is 20.6 Å². The maximum Gasteiger partial charge on any atom is 0.224 e. The molecular formula is C23H24N4O2. The molecule has 0 fully saturated rings. The maximum atomic E-state index is 12.2. The first kappa shape index (κ1) is 18.8. The number of nitrogens with one attached hydrogen (secondary N) is 4. The molecule has 0 saturated carbocycles. The van der Waals surface area contributed by atoms with Gasteiger partial charge in [-0.25, -0.2) is 0 Å². The van der Waals surface area contributed by atoms with Gasteiger partial charge in [-0.15, -0.1) is 0 Å². The van der Waals surface area contributed by atoms with Gasteiger partial charge in [0.05, 0.1) is 6.42 Å². The van der Waals surface area contributed by atoms with E-state index in [0.29, 0.717) is 32.4 Å². The number of aromatic amines is 2. The third-order valence-corrected chi connectivity index (χ3v) is 5.09. The van der Waals surface area contributed by atoms with Crippen LogP contribution in [0.15, 0.2) is 60.9 Å². The van der Waals surface area contributed by atoms with Gasteiger partial charge in [-0.2, -0.15) is 0 Å². The van der Waals surface area contributed by atoms with Crippen LogP contribution in [0.5, 0.6) is 0 Å². The van der Waals surface area contributed by atoms with Crippen molar-refractivity contribution in [1.29, 1.82) is 0 Å². The number of hydrogen-bond donors (Lipinski definition) is 4. The van der Waals surface area contributed by atoms with Gasteiger partial charge >= 0.3 is 0 Å². The number of amides is 2. The van der Waals surface area contributed by atoms with Crippen molar-refractivity contribution in [2.45, 2.75) is 19.3 Å². The number of aryl methyl sites for hydroxylation is 1. The Morgan fingerprint density at radius 1 is 0.724 bits per heavy atom. The molecule has 148 valence electrons. The van der Waals surface area contributed by atoms with E-state index in [1.165, 1.54) is 0 Å². The van der Waals surface area contributed by atoms with Gasteiger partial charge in [-0.3, -0.25) is 9.59 Å². The van der Waals surface area contributed by atoms with Crippen LogP contribution < -0.4 is 10.6 Å². The van der Waals surface area contributed by atoms with E-state index in [1.54, 1.807) is 0 Å². The molecule has 4 rings (SSSR count). The number of para-hydroxylation sites is 2. The molecule has 0 aliphatic carbocycles. The van der Waals surface area contributed by atoms with Gasteiger partial charge in [0.15, 0.2) is 0 Å². The van der Waals surface area contributed by atoms with Crippen LogP contribution in [0.4, 0.5) is 0 Å². The van der Waals surface area contributed by atoms with Crippen molar-refractivity contribution in [3.63, 3.8) is 0 Å². The highest BCUT2D eigenvalue weighted by Crippen LogP contribution is 2.19. The van der Waals surface area contributed by atoms with Gasteiger partial charge in [-0.05, 0) is 29.7 Å². The molecule has 2 heterocycles. The third-order valence-electron chi connectivity index (χ3n) is 5.09. The first-order chi connectivity index (χ1) is 14.2. The Kier molecular flexibility index (Phi) is 5.61. The average Bonchev–Trinajstić information content (AvgIpc) is 3.34. The molecule has 6 nitrogen and oxygen atoms in total. The summed E-state index contributed by atoms with van der Waals surface area (Å²) in [5, 5.41) is 7.95. The minimum atomic E-state index is -0.0530. The molecule has 4 aromatic rings. The zero-order valence-electron chi connectivity index (χ0n) is 16.1. The molecule has 0 unspecified atom stereocenters. The van der Waals surface area contributed by atoms with E-state index in [-0.39, 0.29) is 11.8 Å². The molecule has 0 aliphatic rings. The summed E-state index contributed by atoms with van der Waals surface area (Å²) in [6.07, 6.45) is 5.26. The van der Waals surface area contributed by atoms with E-state index in [4.69, 9.17) is 0 Å². The molecule has 0 aliphatic heterocycles. The molecule has 2 aromatic carbocycles. The van der Waals surface area contributed by atoms with Crippen LogP contribution in [0.1, 0.15) is 17.5 Å². The SMILES string of the molecule is O=C(CCc1c[nH]c2ccccc12)NCCNC(=O)Cc1c[nH]c2ccccc12. The standard InChI is InChI=1S/C23H24N4O2/c28-22(10-9-16-14-26-20-7-3-1-5-18(16)20)24-11-12-25-23(29)13-17-15-27-21-8-4-2-6-19(17)21/h1-8,14-15,26-27H,9-13H2,(H,24,28)(H,25,29). The van der Waals surface area contributed by atoms with E-state index in [1.807, 2.05) is 54.9 Å². The second-order valence-corrected chi connectivity index (χ2v) is 7.10. The lowest BCUT2D eigenvalue weighted by atomic mass is 10.1. The fraction of sp³-hybridized carbons (Fsp3) is 0.217. The monoisotopic (exact) mass is 388 g/mol. The number of H-pyrrole nitrogens is 2. The summed E-state index contributed by atoms with van der Waals surface area (Å²) in [5.41, 5.74) is 4.22. The average molecular weight is 388 g/mol. The van der Waals surface area contributed by atoms with E-state index in [2.05, 4.69) is 26.7 Å². The molecule has 2 amide bonds. The number of aromatic nitrogens is 2. The molecule has 0 spiro atoms. The summed E-state index contributed by atoms with van der Waals surface area (Å²) < 4.78 is 0. The minimum Gasteiger partial charge on any atom is -0.361 e. The Morgan fingerprint density at radius 2 is 1.28 bits per heavy atom. The number of hydrogen-bond acceptors (Lipinski definition) is 2. The largest absolute Gasteiger partial charge is 0.361 e. The van der Waals surface area contributed by atoms with Crippen molar-refractivity contribution in [2.24, 2.45) is 0 Å². The van der Waals surface area contributed by atoms with Crippen LogP contribution in [0.25, 0.3) is 21.8 Å². The Balaban J connectivity index is 1.17. The third kappa shape index (κ3) is 4.48. The van der Waals surface area contributed by atoms with Crippen molar-refractivity contribution < 1.29 is 9.59 Å². The lowest BCUT2D eigenvalue weighted by molar-refractivity contribution is -0.122. The van der Waals surface area contributed by atoms with Gasteiger partial charge in [0.1, 0.15) is 0 Å². The fourth-order valence-corrected chi connectivity index (χ4v) is 3.59. The molecular weight excluding hydrogens is 364 g/mol. The van der Waals surface area contributed by atoms with Gasteiger partial charge in [-0.1, -0.05) is 36.4 Å². The Labute approximate surface area is 168 Å². The zero-order valence-corrected chi connectivity index (χ0v) is 16.1. The number of rotatable bonds is 8. The molecule has 2 aromatic heterocycles. The first-order valence-corrected chi connectivity index (χ1v) is 9.84. The molecule has 0 bridgehead atoms. The first-order valence-electron chi connectivity index (χ1n) is 9.84. The van der Waals surface area contributed by atoms with E-state index in [0.717, 1.165) is 32.9 Å². The number of fused-ring (bicyclic) bond motifs is 2. The summed E-state index contributed by atoms with van der Waals surface area (Å²) in [7, 11) is 0. The molecule has 0 atom stereocenters. The predicted octanol–water partition coefficient (Wildman–Crippen LogP) is 3.06. The molecule has 0 saturated heterocycles. The Morgan fingerprint density at radius 3 is 1.97 bits per heavy atom. The summed E-state index contributed by atoms with van der Waals surface area (Å²) in [4.78, 5) is 30.6. The van der Waals surface area contributed by atoms with Crippen LogP contribution in [0.3, 0.4) is 0 Å². The van der Waals surface area contributed by atoms with Gasteiger partial charge in [0.25, 0.3) is 0 Å². The highest BCUT2D eigenvalue weighted by Gasteiger charge is 2.09. The van der Waals surface area contributed by atoms with Crippen LogP contribution in [0.2, 0.25) is 0 Å². The highest BCUT2D eigenvalue weighted by molar-refractivity contribution is 5.89. The summed E-state index contributed by atoms with van der Waals surface area (Å²) >= 11 is 0. The number of carbonyl (C=O) groups excluding carboxylic acids is 2. The lowest BCUT2D eigenvalue weighted by Crippen LogP contribution is -2.35. The topological polar surface area (TPSA) is 89.8 Å². The summed E-state index contributed by atoms with van der Waals surface area (Å²) in [5.74, 6) is -0.0658. The smallest absolute Gasteiger partial charge is 0.224 e. The second kappa shape index (κ2) is 8.65. The van der Waals surface area contributed by atoms with Crippen molar-refractivity contribution in [3.8, 4) is 0 Å². The lowest BCUT2D eigenvalue weighted by Gasteiger charge is -2.07. The normalized spacial score (nSPS) is 11.0. The predicted molar refractivity (Wildman–Crippen MR) is 115 cm³/mol. The minimum absolute atomic E-state index is 0.0128. The van der Waals surface area contributed by atoms with Crippen LogP contribution in [-0.2, 0) is 22.4 Å². The van der Waals surface area contributed by atoms with Crippen molar-refractivity contribution in [2.75, 3.05) is 13.1 Å². The zero-order chi connectivity index (χ0) is 20.1. The molecule has 4 N–H and O–H groups in total. The maximum absolute atomic E-state index is 12.2. The van der Waals surface area contributed by atoms with E-state index in [9.17, 15) is 9.59 Å². The van der Waals surface area contributed by atoms with Gasteiger partial charge in [0.2, 0.25) is 11.8 Å². The van der Waals surface area contributed by atoms with E-state index >= 15 is 0 Å². The van der Waals surface area contributed by atoms with Gasteiger partial charge in [0, 0.05) is 53.7 Å². The van der Waals surface area contributed by atoms with Crippen molar-refractivity contribution >= 4 is 33.6 Å². The molecule has 6 heteroatoms. The quantitative estimate of drug-likeness (QED) is 0.350. The van der Waals surface area contributed by atoms with E-state index < -0.39 is 0 Å². The summed E-state index contributed by atoms with van der Waals surface area (Å²) in [6, 6.07) is 16.0. The van der Waals surface area contributed by atoms with Crippen LogP contribution >= 0.6 is 0 Å². The molecule has 29 heavy (non-hydrogen) atoms. The van der Waals surface area contributed by atoms with Crippen LogP contribution in [-0.4, -0.2) is 34.9 Å². The highest BCUT2D eigenvalue weighted by atomic mass is 16.2. The Bertz CT molecular complexity index is 1140. The number of carbonyl (C=O) groups is 2. The molecule has 0 radical (unpaired) electrons.